The molecule has 0 bridgehead atoms. The highest BCUT2D eigenvalue weighted by Crippen LogP contribution is 2.31. The molecule has 0 amide bonds. The number of rotatable bonds is 3. The van der Waals surface area contributed by atoms with Crippen molar-refractivity contribution < 1.29 is 4.74 Å². The molecule has 2 aromatic carbocycles. The van der Waals surface area contributed by atoms with E-state index in [1.165, 1.54) is 0 Å². The van der Waals surface area contributed by atoms with E-state index in [-0.39, 0.29) is 0 Å². The van der Waals surface area contributed by atoms with Gasteiger partial charge in [-0.2, -0.15) is 0 Å². The summed E-state index contributed by atoms with van der Waals surface area (Å²) in [6.45, 7) is 1.99. The van der Waals surface area contributed by atoms with Crippen molar-refractivity contribution in [3.05, 3.63) is 64.5 Å². The molecule has 2 aromatic rings. The maximum Gasteiger partial charge on any atom is 0.137 e. The van der Waals surface area contributed by atoms with E-state index in [9.17, 15) is 0 Å². The van der Waals surface area contributed by atoms with Crippen molar-refractivity contribution in [2.45, 2.75) is 6.92 Å². The summed E-state index contributed by atoms with van der Waals surface area (Å²) in [5, 5.41) is 3.58. The Morgan fingerprint density at radius 1 is 1.12 bits per heavy atom. The van der Waals surface area contributed by atoms with Crippen LogP contribution in [-0.4, -0.2) is 0 Å². The summed E-state index contributed by atoms with van der Waals surface area (Å²) in [5.41, 5.74) is 10.1. The van der Waals surface area contributed by atoms with Gasteiger partial charge in [0.15, 0.2) is 0 Å². The second-order valence-electron chi connectivity index (χ2n) is 3.58. The zero-order valence-corrected chi connectivity index (χ0v) is 9.37. The SMILES string of the molecule is Cc1cccc(Oc2ccccc2N=[N+]=[N-])c1. The number of hydrogen-bond acceptors (Lipinski definition) is 2. The van der Waals surface area contributed by atoms with E-state index in [1.54, 1.807) is 18.2 Å². The minimum atomic E-state index is 0.483. The van der Waals surface area contributed by atoms with Crippen LogP contribution in [0.25, 0.3) is 10.4 Å². The molecule has 0 saturated heterocycles. The number of hydrogen-bond donors (Lipinski definition) is 0. The van der Waals surface area contributed by atoms with Crippen LogP contribution in [0, 0.1) is 6.92 Å². The first-order chi connectivity index (χ1) is 8.29. The van der Waals surface area contributed by atoms with E-state index in [2.05, 4.69) is 10.0 Å². The van der Waals surface area contributed by atoms with Crippen LogP contribution < -0.4 is 4.74 Å². The van der Waals surface area contributed by atoms with Crippen molar-refractivity contribution in [3.63, 3.8) is 0 Å². The Hall–Kier alpha value is -2.45. The van der Waals surface area contributed by atoms with Crippen molar-refractivity contribution in [1.82, 2.24) is 0 Å². The Kier molecular flexibility index (Phi) is 3.28. The van der Waals surface area contributed by atoms with Crippen molar-refractivity contribution in [2.75, 3.05) is 0 Å². The van der Waals surface area contributed by atoms with Crippen molar-refractivity contribution >= 4 is 5.69 Å². The van der Waals surface area contributed by atoms with Gasteiger partial charge in [0, 0.05) is 4.91 Å². The quantitative estimate of drug-likeness (QED) is 0.423. The molecule has 0 spiro atoms. The summed E-state index contributed by atoms with van der Waals surface area (Å²) >= 11 is 0. The minimum absolute atomic E-state index is 0.483. The molecule has 84 valence electrons. The number of azide groups is 1. The van der Waals surface area contributed by atoms with E-state index in [1.807, 2.05) is 37.3 Å². The second kappa shape index (κ2) is 5.05. The first kappa shape index (κ1) is 11.0. The molecule has 0 aliphatic heterocycles. The van der Waals surface area contributed by atoms with Crippen molar-refractivity contribution in [3.8, 4) is 11.5 Å². The van der Waals surface area contributed by atoms with Gasteiger partial charge in [0.1, 0.15) is 11.5 Å². The molecule has 0 aliphatic carbocycles. The van der Waals surface area contributed by atoms with E-state index < -0.39 is 0 Å². The van der Waals surface area contributed by atoms with Gasteiger partial charge in [-0.1, -0.05) is 29.4 Å². The van der Waals surface area contributed by atoms with E-state index in [0.29, 0.717) is 11.4 Å². The molecule has 0 saturated carbocycles. The van der Waals surface area contributed by atoms with E-state index in [4.69, 9.17) is 10.3 Å². The zero-order chi connectivity index (χ0) is 12.1. The standard InChI is InChI=1S/C13H11N3O/c1-10-5-4-6-11(9-10)17-13-8-3-2-7-12(13)15-16-14/h2-9H,1H3. The molecule has 0 aliphatic rings. The summed E-state index contributed by atoms with van der Waals surface area (Å²) in [5.74, 6) is 1.28. The van der Waals surface area contributed by atoms with Gasteiger partial charge >= 0.3 is 0 Å². The highest BCUT2D eigenvalue weighted by Gasteiger charge is 2.02. The summed E-state index contributed by atoms with van der Waals surface area (Å²) in [6.07, 6.45) is 0. The Morgan fingerprint density at radius 2 is 1.94 bits per heavy atom. The molecule has 0 N–H and O–H groups in total. The zero-order valence-electron chi connectivity index (χ0n) is 9.37. The first-order valence-electron chi connectivity index (χ1n) is 5.18. The van der Waals surface area contributed by atoms with Gasteiger partial charge in [0.05, 0.1) is 5.69 Å². The third kappa shape index (κ3) is 2.77. The largest absolute Gasteiger partial charge is 0.457 e. The third-order valence-electron chi connectivity index (χ3n) is 2.24. The molecule has 17 heavy (non-hydrogen) atoms. The van der Waals surface area contributed by atoms with Crippen molar-refractivity contribution in [1.29, 1.82) is 0 Å². The molecule has 0 unspecified atom stereocenters. The maximum atomic E-state index is 8.46. The van der Waals surface area contributed by atoms with Crippen LogP contribution in [-0.2, 0) is 0 Å². The summed E-state index contributed by atoms with van der Waals surface area (Å²) in [7, 11) is 0. The number of para-hydroxylation sites is 1. The summed E-state index contributed by atoms with van der Waals surface area (Å²) < 4.78 is 5.68. The van der Waals surface area contributed by atoms with Crippen LogP contribution in [0.2, 0.25) is 0 Å². The molecular formula is C13H11N3O. The van der Waals surface area contributed by atoms with Crippen LogP contribution in [0.1, 0.15) is 5.56 Å². The Balaban J connectivity index is 2.33. The number of nitrogens with zero attached hydrogens (tertiary/aromatic N) is 3. The van der Waals surface area contributed by atoms with Gasteiger partial charge < -0.3 is 4.74 Å². The van der Waals surface area contributed by atoms with Crippen LogP contribution >= 0.6 is 0 Å². The lowest BCUT2D eigenvalue weighted by Crippen LogP contribution is -1.84. The topological polar surface area (TPSA) is 58.0 Å². The van der Waals surface area contributed by atoms with Gasteiger partial charge in [0.25, 0.3) is 0 Å². The van der Waals surface area contributed by atoms with Gasteiger partial charge in [-0.05, 0) is 42.3 Å². The van der Waals surface area contributed by atoms with Crippen LogP contribution in [0.15, 0.2) is 53.6 Å². The maximum absolute atomic E-state index is 8.46. The Morgan fingerprint density at radius 3 is 2.71 bits per heavy atom. The fraction of sp³-hybridized carbons (Fsp3) is 0.0769. The molecule has 0 fully saturated rings. The number of benzene rings is 2. The first-order valence-corrected chi connectivity index (χ1v) is 5.18. The lowest BCUT2D eigenvalue weighted by atomic mass is 10.2. The second-order valence-corrected chi connectivity index (χ2v) is 3.58. The number of aryl methyl sites for hydroxylation is 1. The lowest BCUT2D eigenvalue weighted by Gasteiger charge is -2.08. The average Bonchev–Trinajstić information content (AvgIpc) is 2.32. The molecule has 4 nitrogen and oxygen atoms in total. The van der Waals surface area contributed by atoms with Crippen LogP contribution in [0.3, 0.4) is 0 Å². The van der Waals surface area contributed by atoms with Crippen LogP contribution in [0.5, 0.6) is 11.5 Å². The summed E-state index contributed by atoms with van der Waals surface area (Å²) in [6, 6.07) is 14.8. The smallest absolute Gasteiger partial charge is 0.137 e. The molecule has 0 atom stereocenters. The lowest BCUT2D eigenvalue weighted by molar-refractivity contribution is 0.483. The van der Waals surface area contributed by atoms with Crippen LogP contribution in [0.4, 0.5) is 5.69 Å². The predicted molar refractivity (Wildman–Crippen MR) is 66.5 cm³/mol. The van der Waals surface area contributed by atoms with E-state index in [0.717, 1.165) is 11.3 Å². The molecular weight excluding hydrogens is 214 g/mol. The fourth-order valence-electron chi connectivity index (χ4n) is 1.48. The third-order valence-corrected chi connectivity index (χ3v) is 2.24. The number of ether oxygens (including phenoxy) is 1. The van der Waals surface area contributed by atoms with Gasteiger partial charge in [-0.15, -0.1) is 0 Å². The molecule has 0 aromatic heterocycles. The highest BCUT2D eigenvalue weighted by molar-refractivity contribution is 5.52. The predicted octanol–water partition coefficient (Wildman–Crippen LogP) is 4.73. The Labute approximate surface area is 99.1 Å². The molecule has 2 rings (SSSR count). The van der Waals surface area contributed by atoms with Gasteiger partial charge in [-0.25, -0.2) is 0 Å². The van der Waals surface area contributed by atoms with Gasteiger partial charge in [-0.3, -0.25) is 0 Å². The van der Waals surface area contributed by atoms with Crippen molar-refractivity contribution in [2.24, 2.45) is 5.11 Å². The monoisotopic (exact) mass is 225 g/mol. The molecule has 4 heteroatoms. The minimum Gasteiger partial charge on any atom is -0.457 e. The van der Waals surface area contributed by atoms with Gasteiger partial charge in [0.2, 0.25) is 0 Å². The fourth-order valence-corrected chi connectivity index (χ4v) is 1.48. The molecule has 0 radical (unpaired) electrons. The Bertz CT molecular complexity index is 574. The average molecular weight is 225 g/mol. The molecule has 0 heterocycles. The summed E-state index contributed by atoms with van der Waals surface area (Å²) in [4.78, 5) is 2.77. The normalized spacial score (nSPS) is 9.47. The highest BCUT2D eigenvalue weighted by atomic mass is 16.5. The van der Waals surface area contributed by atoms with E-state index >= 15 is 0 Å².